The van der Waals surface area contributed by atoms with Crippen molar-refractivity contribution in [2.45, 2.75) is 46.1 Å². The maximum Gasteiger partial charge on any atom is 0.407 e. The van der Waals surface area contributed by atoms with Gasteiger partial charge in [0.25, 0.3) is 0 Å². The van der Waals surface area contributed by atoms with Crippen LogP contribution in [0.1, 0.15) is 39.8 Å². The molecule has 1 aromatic rings. The standard InChI is InChI=1S/C16H26N4O2/c1-5-6-13-7-14(19-11-18-13)20-9-12(10-20)8-17-15(21)22-16(2,3)4/h7,11-12H,5-6,8-10H2,1-4H3,(H,17,21). The first kappa shape index (κ1) is 16.5. The van der Waals surface area contributed by atoms with Crippen molar-refractivity contribution in [2.75, 3.05) is 24.5 Å². The number of anilines is 1. The second kappa shape index (κ2) is 6.94. The van der Waals surface area contributed by atoms with E-state index < -0.39 is 5.60 Å². The van der Waals surface area contributed by atoms with E-state index in [-0.39, 0.29) is 6.09 Å². The summed E-state index contributed by atoms with van der Waals surface area (Å²) in [7, 11) is 0. The molecule has 0 radical (unpaired) electrons. The second-order valence-electron chi connectivity index (χ2n) is 6.77. The van der Waals surface area contributed by atoms with Gasteiger partial charge < -0.3 is 15.0 Å². The Kier molecular flexibility index (Phi) is 5.21. The van der Waals surface area contributed by atoms with Gasteiger partial charge in [-0.1, -0.05) is 13.3 Å². The molecule has 1 fully saturated rings. The van der Waals surface area contributed by atoms with Gasteiger partial charge in [-0.05, 0) is 27.2 Å². The lowest BCUT2D eigenvalue weighted by Gasteiger charge is -2.40. The number of hydrogen-bond donors (Lipinski definition) is 1. The van der Waals surface area contributed by atoms with Crippen molar-refractivity contribution in [2.24, 2.45) is 5.92 Å². The Bertz CT molecular complexity index is 507. The summed E-state index contributed by atoms with van der Waals surface area (Å²) in [5.41, 5.74) is 0.634. The second-order valence-corrected chi connectivity index (χ2v) is 6.77. The highest BCUT2D eigenvalue weighted by Gasteiger charge is 2.28. The minimum Gasteiger partial charge on any atom is -0.444 e. The van der Waals surface area contributed by atoms with Crippen LogP contribution in [-0.4, -0.2) is 41.3 Å². The number of amides is 1. The molecule has 1 N–H and O–H groups in total. The zero-order valence-corrected chi connectivity index (χ0v) is 13.9. The van der Waals surface area contributed by atoms with Gasteiger partial charge in [0.2, 0.25) is 0 Å². The highest BCUT2D eigenvalue weighted by atomic mass is 16.6. The van der Waals surface area contributed by atoms with E-state index in [0.29, 0.717) is 12.5 Å². The van der Waals surface area contributed by atoms with Gasteiger partial charge in [-0.25, -0.2) is 14.8 Å². The number of nitrogens with one attached hydrogen (secondary N) is 1. The Morgan fingerprint density at radius 1 is 1.41 bits per heavy atom. The predicted octanol–water partition coefficient (Wildman–Crippen LogP) is 2.39. The Morgan fingerprint density at radius 2 is 2.14 bits per heavy atom. The highest BCUT2D eigenvalue weighted by molar-refractivity contribution is 5.67. The maximum absolute atomic E-state index is 11.6. The molecule has 0 unspecified atom stereocenters. The van der Waals surface area contributed by atoms with E-state index in [1.165, 1.54) is 0 Å². The van der Waals surface area contributed by atoms with Gasteiger partial charge in [0, 0.05) is 37.3 Å². The fraction of sp³-hybridized carbons (Fsp3) is 0.688. The van der Waals surface area contributed by atoms with Gasteiger partial charge in [-0.2, -0.15) is 0 Å². The smallest absolute Gasteiger partial charge is 0.407 e. The van der Waals surface area contributed by atoms with Crippen LogP contribution in [0.25, 0.3) is 0 Å². The van der Waals surface area contributed by atoms with Gasteiger partial charge in [0.05, 0.1) is 0 Å². The molecule has 6 heteroatoms. The molecule has 0 aromatic carbocycles. The van der Waals surface area contributed by atoms with Crippen molar-refractivity contribution in [3.05, 3.63) is 18.1 Å². The molecule has 1 aromatic heterocycles. The fourth-order valence-electron chi connectivity index (χ4n) is 2.38. The van der Waals surface area contributed by atoms with Crippen LogP contribution in [0.2, 0.25) is 0 Å². The molecule has 0 atom stereocenters. The number of nitrogens with zero attached hydrogens (tertiary/aromatic N) is 3. The first-order valence-corrected chi connectivity index (χ1v) is 7.90. The first-order chi connectivity index (χ1) is 10.4. The molecular formula is C16H26N4O2. The number of aryl methyl sites for hydroxylation is 1. The molecule has 1 saturated heterocycles. The van der Waals surface area contributed by atoms with E-state index in [2.05, 4.69) is 33.2 Å². The number of alkyl carbamates (subject to hydrolysis) is 1. The monoisotopic (exact) mass is 306 g/mol. The van der Waals surface area contributed by atoms with Crippen LogP contribution in [-0.2, 0) is 11.2 Å². The van der Waals surface area contributed by atoms with E-state index in [1.807, 2.05) is 20.8 Å². The number of carbonyl (C=O) groups is 1. The molecule has 0 saturated carbocycles. The number of hydrogen-bond acceptors (Lipinski definition) is 5. The van der Waals surface area contributed by atoms with Crippen LogP contribution >= 0.6 is 0 Å². The minimum atomic E-state index is -0.452. The summed E-state index contributed by atoms with van der Waals surface area (Å²) < 4.78 is 5.23. The third-order valence-electron chi connectivity index (χ3n) is 3.43. The van der Waals surface area contributed by atoms with Gasteiger partial charge in [0.15, 0.2) is 0 Å². The van der Waals surface area contributed by atoms with Crippen molar-refractivity contribution in [3.8, 4) is 0 Å². The Balaban J connectivity index is 1.73. The Labute approximate surface area is 132 Å². The zero-order valence-electron chi connectivity index (χ0n) is 13.9. The summed E-state index contributed by atoms with van der Waals surface area (Å²) in [5.74, 6) is 1.42. The lowest BCUT2D eigenvalue weighted by molar-refractivity contribution is 0.0516. The van der Waals surface area contributed by atoms with Crippen LogP contribution in [0.4, 0.5) is 10.6 Å². The lowest BCUT2D eigenvalue weighted by atomic mass is 10.0. The van der Waals surface area contributed by atoms with Gasteiger partial charge >= 0.3 is 6.09 Å². The zero-order chi connectivity index (χ0) is 16.2. The summed E-state index contributed by atoms with van der Waals surface area (Å²) in [6.07, 6.45) is 3.34. The van der Waals surface area contributed by atoms with Gasteiger partial charge in [0.1, 0.15) is 17.7 Å². The molecule has 2 heterocycles. The highest BCUT2D eigenvalue weighted by Crippen LogP contribution is 2.22. The average Bonchev–Trinajstić information content (AvgIpc) is 2.35. The van der Waals surface area contributed by atoms with E-state index >= 15 is 0 Å². The van der Waals surface area contributed by atoms with E-state index in [4.69, 9.17) is 4.74 Å². The van der Waals surface area contributed by atoms with Crippen molar-refractivity contribution < 1.29 is 9.53 Å². The molecule has 122 valence electrons. The molecule has 22 heavy (non-hydrogen) atoms. The lowest BCUT2D eigenvalue weighted by Crippen LogP contribution is -2.52. The molecule has 1 aliphatic rings. The largest absolute Gasteiger partial charge is 0.444 e. The van der Waals surface area contributed by atoms with Crippen LogP contribution < -0.4 is 10.2 Å². The van der Waals surface area contributed by atoms with Crippen molar-refractivity contribution >= 4 is 11.9 Å². The Hall–Kier alpha value is -1.85. The first-order valence-electron chi connectivity index (χ1n) is 7.90. The molecule has 6 nitrogen and oxygen atoms in total. The van der Waals surface area contributed by atoms with Crippen LogP contribution in [0.5, 0.6) is 0 Å². The summed E-state index contributed by atoms with van der Waals surface area (Å²) in [5, 5.41) is 2.82. The van der Waals surface area contributed by atoms with Gasteiger partial charge in [-0.15, -0.1) is 0 Å². The summed E-state index contributed by atoms with van der Waals surface area (Å²) in [6.45, 7) is 10.2. The molecule has 1 aliphatic heterocycles. The number of carbonyl (C=O) groups excluding carboxylic acids is 1. The topological polar surface area (TPSA) is 67.4 Å². The molecule has 2 rings (SSSR count). The normalized spacial score (nSPS) is 15.4. The fourth-order valence-corrected chi connectivity index (χ4v) is 2.38. The third kappa shape index (κ3) is 4.86. The summed E-state index contributed by atoms with van der Waals surface area (Å²) in [4.78, 5) is 22.4. The maximum atomic E-state index is 11.6. The number of rotatable bonds is 5. The number of aromatic nitrogens is 2. The Morgan fingerprint density at radius 3 is 2.77 bits per heavy atom. The van der Waals surface area contributed by atoms with Crippen molar-refractivity contribution in [1.82, 2.24) is 15.3 Å². The van der Waals surface area contributed by atoms with Crippen LogP contribution in [0, 0.1) is 5.92 Å². The molecule has 0 bridgehead atoms. The summed E-state index contributed by atoms with van der Waals surface area (Å²) in [6, 6.07) is 2.06. The van der Waals surface area contributed by atoms with Crippen LogP contribution in [0.15, 0.2) is 12.4 Å². The quantitative estimate of drug-likeness (QED) is 0.904. The predicted molar refractivity (Wildman–Crippen MR) is 86.0 cm³/mol. The third-order valence-corrected chi connectivity index (χ3v) is 3.43. The van der Waals surface area contributed by atoms with E-state index in [0.717, 1.165) is 37.4 Å². The molecule has 1 amide bonds. The van der Waals surface area contributed by atoms with Crippen LogP contribution in [0.3, 0.4) is 0 Å². The van der Waals surface area contributed by atoms with Crippen molar-refractivity contribution in [3.63, 3.8) is 0 Å². The SMILES string of the molecule is CCCc1cc(N2CC(CNC(=O)OC(C)(C)C)C2)ncn1. The summed E-state index contributed by atoms with van der Waals surface area (Å²) >= 11 is 0. The molecule has 0 spiro atoms. The molecular weight excluding hydrogens is 280 g/mol. The molecule has 0 aliphatic carbocycles. The van der Waals surface area contributed by atoms with E-state index in [9.17, 15) is 4.79 Å². The van der Waals surface area contributed by atoms with Gasteiger partial charge in [-0.3, -0.25) is 0 Å². The minimum absolute atomic E-state index is 0.349. The number of ether oxygens (including phenoxy) is 1. The average molecular weight is 306 g/mol. The van der Waals surface area contributed by atoms with E-state index in [1.54, 1.807) is 6.33 Å². The van der Waals surface area contributed by atoms with Crippen molar-refractivity contribution in [1.29, 1.82) is 0 Å².